The molecule has 1 aromatic carbocycles. The van der Waals surface area contributed by atoms with Crippen LogP contribution in [0.4, 0.5) is 11.4 Å². The topological polar surface area (TPSA) is 96.5 Å². The van der Waals surface area contributed by atoms with E-state index in [0.29, 0.717) is 17.1 Å². The van der Waals surface area contributed by atoms with Crippen LogP contribution in [0.3, 0.4) is 0 Å². The normalized spacial score (nSPS) is 17.5. The van der Waals surface area contributed by atoms with E-state index < -0.39 is 10.0 Å². The Hall–Kier alpha value is -1.51. The molecule has 1 atom stereocenters. The quantitative estimate of drug-likeness (QED) is 0.704. The molecule has 136 valence electrons. The number of nitrogens with one attached hydrogen (secondary N) is 3. The van der Waals surface area contributed by atoms with Gasteiger partial charge in [0, 0.05) is 11.8 Å². The van der Waals surface area contributed by atoms with E-state index >= 15 is 0 Å². The van der Waals surface area contributed by atoms with Crippen molar-refractivity contribution >= 4 is 39.7 Å². The molecule has 0 saturated carbocycles. The lowest BCUT2D eigenvalue weighted by atomic mass is 10.0. The molecule has 1 heterocycles. The predicted molar refractivity (Wildman–Crippen MR) is 97.6 cm³/mol. The average Bonchev–Trinajstić information content (AvgIpc) is 2.56. The summed E-state index contributed by atoms with van der Waals surface area (Å²) in [7, 11) is -1.93. The van der Waals surface area contributed by atoms with Crippen molar-refractivity contribution in [2.75, 3.05) is 29.4 Å². The zero-order chi connectivity index (χ0) is 16.9. The van der Waals surface area contributed by atoms with Crippen molar-refractivity contribution in [3.63, 3.8) is 0 Å². The molecule has 1 fully saturated rings. The molecule has 24 heavy (non-hydrogen) atoms. The van der Waals surface area contributed by atoms with Crippen LogP contribution in [0, 0.1) is 0 Å². The van der Waals surface area contributed by atoms with Crippen LogP contribution in [0.2, 0.25) is 0 Å². The van der Waals surface area contributed by atoms with Crippen molar-refractivity contribution in [1.29, 1.82) is 0 Å². The smallest absolute Gasteiger partial charge is 0.241 e. The van der Waals surface area contributed by atoms with Gasteiger partial charge in [0.2, 0.25) is 15.9 Å². The maximum Gasteiger partial charge on any atom is 0.241 e. The molecule has 7 nitrogen and oxygen atoms in total. The van der Waals surface area contributed by atoms with Crippen molar-refractivity contribution in [2.24, 2.45) is 0 Å². The molecular formula is C15H24ClN3O4S. The molecule has 0 aromatic heterocycles. The first-order chi connectivity index (χ1) is 10.9. The summed E-state index contributed by atoms with van der Waals surface area (Å²) >= 11 is 0. The number of hydrogen-bond donors (Lipinski definition) is 3. The van der Waals surface area contributed by atoms with Gasteiger partial charge in [-0.05, 0) is 38.4 Å². The van der Waals surface area contributed by atoms with Gasteiger partial charge < -0.3 is 15.4 Å². The number of methoxy groups -OCH3 is 1. The minimum atomic E-state index is -3.39. The van der Waals surface area contributed by atoms with Gasteiger partial charge in [0.05, 0.1) is 24.6 Å². The summed E-state index contributed by atoms with van der Waals surface area (Å²) in [5.74, 6) is 0.243. The first kappa shape index (κ1) is 20.5. The highest BCUT2D eigenvalue weighted by Crippen LogP contribution is 2.29. The maximum absolute atomic E-state index is 12.2. The molecule has 9 heteroatoms. The Labute approximate surface area is 149 Å². The number of rotatable bonds is 6. The Morgan fingerprint density at radius 1 is 1.38 bits per heavy atom. The molecule has 1 aromatic rings. The molecule has 1 saturated heterocycles. The van der Waals surface area contributed by atoms with Gasteiger partial charge in [0.1, 0.15) is 5.75 Å². The fraction of sp³-hybridized carbons (Fsp3) is 0.533. The van der Waals surface area contributed by atoms with Crippen LogP contribution in [0.1, 0.15) is 26.2 Å². The van der Waals surface area contributed by atoms with Gasteiger partial charge in [0.15, 0.2) is 0 Å². The summed E-state index contributed by atoms with van der Waals surface area (Å²) in [5.41, 5.74) is 0.918. The minimum absolute atomic E-state index is 0. The van der Waals surface area contributed by atoms with Gasteiger partial charge in [-0.2, -0.15) is 0 Å². The number of halogens is 1. The Morgan fingerprint density at radius 3 is 2.71 bits per heavy atom. The molecule has 2 rings (SSSR count). The van der Waals surface area contributed by atoms with E-state index in [-0.39, 0.29) is 30.1 Å². The van der Waals surface area contributed by atoms with Crippen molar-refractivity contribution in [1.82, 2.24) is 5.32 Å². The highest BCUT2D eigenvalue weighted by atomic mass is 35.5. The number of carbonyl (C=O) groups excluding carboxylic acids is 1. The number of hydrogen-bond acceptors (Lipinski definition) is 5. The van der Waals surface area contributed by atoms with Gasteiger partial charge in [-0.25, -0.2) is 8.42 Å². The standard InChI is InChI=1S/C15H23N3O4S.ClH/c1-3-23(20,21)18-12-8-7-11(10-14(12)22-2)17-15(19)13-6-4-5-9-16-13;/h7-8,10,13,16,18H,3-6,9H2,1-2H3,(H,17,19);1H. The van der Waals surface area contributed by atoms with Crippen LogP contribution in [0.25, 0.3) is 0 Å². The Balaban J connectivity index is 0.00000288. The highest BCUT2D eigenvalue weighted by Gasteiger charge is 2.21. The van der Waals surface area contributed by atoms with Crippen LogP contribution in [0.15, 0.2) is 18.2 Å². The SMILES string of the molecule is CCS(=O)(=O)Nc1ccc(NC(=O)C2CCCCN2)cc1OC.Cl. The van der Waals surface area contributed by atoms with Gasteiger partial charge in [-0.3, -0.25) is 9.52 Å². The number of sulfonamides is 1. The third-order valence-electron chi connectivity index (χ3n) is 3.74. The zero-order valence-corrected chi connectivity index (χ0v) is 15.4. The zero-order valence-electron chi connectivity index (χ0n) is 13.8. The van der Waals surface area contributed by atoms with Crippen LogP contribution >= 0.6 is 12.4 Å². The Bertz CT molecular complexity index is 661. The first-order valence-corrected chi connectivity index (χ1v) is 9.33. The summed E-state index contributed by atoms with van der Waals surface area (Å²) in [6.45, 7) is 2.40. The van der Waals surface area contributed by atoms with Crippen molar-refractivity contribution < 1.29 is 17.9 Å². The molecular weight excluding hydrogens is 354 g/mol. The second-order valence-corrected chi connectivity index (χ2v) is 7.42. The molecule has 3 N–H and O–H groups in total. The lowest BCUT2D eigenvalue weighted by molar-refractivity contribution is -0.118. The predicted octanol–water partition coefficient (Wildman–Crippen LogP) is 1.96. The van der Waals surface area contributed by atoms with E-state index in [4.69, 9.17) is 4.74 Å². The lowest BCUT2D eigenvalue weighted by Gasteiger charge is -2.22. The van der Waals surface area contributed by atoms with Gasteiger partial charge in [-0.15, -0.1) is 12.4 Å². The van der Waals surface area contributed by atoms with Gasteiger partial charge in [0.25, 0.3) is 0 Å². The number of anilines is 2. The van der Waals surface area contributed by atoms with Crippen molar-refractivity contribution in [3.05, 3.63) is 18.2 Å². The fourth-order valence-electron chi connectivity index (χ4n) is 2.40. The summed E-state index contributed by atoms with van der Waals surface area (Å²) in [6, 6.07) is 4.65. The van der Waals surface area contributed by atoms with Crippen molar-refractivity contribution in [2.45, 2.75) is 32.2 Å². The monoisotopic (exact) mass is 377 g/mol. The molecule has 0 spiro atoms. The number of ether oxygens (including phenoxy) is 1. The summed E-state index contributed by atoms with van der Waals surface area (Å²) in [6.07, 6.45) is 2.94. The van der Waals surface area contributed by atoms with E-state index in [1.807, 2.05) is 0 Å². The van der Waals surface area contributed by atoms with E-state index in [1.54, 1.807) is 25.1 Å². The van der Waals surface area contributed by atoms with E-state index in [2.05, 4.69) is 15.4 Å². The van der Waals surface area contributed by atoms with E-state index in [1.165, 1.54) is 7.11 Å². The number of benzene rings is 1. The Morgan fingerprint density at radius 2 is 2.12 bits per heavy atom. The molecule has 0 radical (unpaired) electrons. The first-order valence-electron chi connectivity index (χ1n) is 7.68. The molecule has 1 aliphatic rings. The molecule has 1 amide bonds. The fourth-order valence-corrected chi connectivity index (χ4v) is 3.05. The summed E-state index contributed by atoms with van der Waals surface area (Å²) in [5, 5.41) is 6.01. The lowest BCUT2D eigenvalue weighted by Crippen LogP contribution is -2.43. The minimum Gasteiger partial charge on any atom is -0.494 e. The van der Waals surface area contributed by atoms with Gasteiger partial charge in [-0.1, -0.05) is 6.42 Å². The maximum atomic E-state index is 12.2. The second kappa shape index (κ2) is 9.10. The van der Waals surface area contributed by atoms with E-state index in [9.17, 15) is 13.2 Å². The largest absolute Gasteiger partial charge is 0.494 e. The van der Waals surface area contributed by atoms with Crippen LogP contribution in [-0.4, -0.2) is 39.8 Å². The van der Waals surface area contributed by atoms with E-state index in [0.717, 1.165) is 25.8 Å². The molecule has 1 unspecified atom stereocenters. The van der Waals surface area contributed by atoms with Gasteiger partial charge >= 0.3 is 0 Å². The number of carbonyl (C=O) groups is 1. The summed E-state index contributed by atoms with van der Waals surface area (Å²) in [4.78, 5) is 12.2. The number of piperidine rings is 1. The van der Waals surface area contributed by atoms with Crippen LogP contribution < -0.4 is 20.1 Å². The third kappa shape index (κ3) is 5.54. The average molecular weight is 378 g/mol. The number of amides is 1. The molecule has 1 aliphatic heterocycles. The molecule has 0 bridgehead atoms. The van der Waals surface area contributed by atoms with Crippen molar-refractivity contribution in [3.8, 4) is 5.75 Å². The third-order valence-corrected chi connectivity index (χ3v) is 5.03. The van der Waals surface area contributed by atoms with Crippen LogP contribution in [-0.2, 0) is 14.8 Å². The Kier molecular flexibility index (Phi) is 7.78. The molecule has 0 aliphatic carbocycles. The summed E-state index contributed by atoms with van der Waals surface area (Å²) < 4.78 is 31.0. The second-order valence-electron chi connectivity index (χ2n) is 5.41. The van der Waals surface area contributed by atoms with Crippen LogP contribution in [0.5, 0.6) is 5.75 Å². The highest BCUT2D eigenvalue weighted by molar-refractivity contribution is 7.92.